The number of hydrogen-bond donors (Lipinski definition) is 1. The van der Waals surface area contributed by atoms with Crippen LogP contribution in [0.1, 0.15) is 88.8 Å². The Morgan fingerprint density at radius 1 is 0.865 bits per heavy atom. The Kier molecular flexibility index (Phi) is 13.1. The number of anilines is 1. The minimum absolute atomic E-state index is 0.0193. The van der Waals surface area contributed by atoms with Crippen molar-refractivity contribution in [2.75, 3.05) is 37.9 Å². The number of rotatable bonds is 17. The van der Waals surface area contributed by atoms with Gasteiger partial charge in [0.2, 0.25) is 10.0 Å². The predicted molar refractivity (Wildman–Crippen MR) is 206 cm³/mol. The SMILES string of the molecule is COc1cccc(C2(CC[C@@H](O)[C@@H](CC(=O)c3cc(C(=O)C[C@H](C)c4ccccc4)cc(N(C)S(C)(=O)=O)c3)Cc3ccccc3)CCOCC2)c1. The van der Waals surface area contributed by atoms with E-state index in [9.17, 15) is 23.1 Å². The molecule has 0 radical (unpaired) electrons. The fraction of sp³-hybridized carbons (Fsp3) is 0.395. The Bertz CT molecular complexity index is 1910. The van der Waals surface area contributed by atoms with Gasteiger partial charge in [-0.3, -0.25) is 13.9 Å². The lowest BCUT2D eigenvalue weighted by Gasteiger charge is -2.39. The third kappa shape index (κ3) is 9.97. The van der Waals surface area contributed by atoms with Gasteiger partial charge in [-0.25, -0.2) is 8.42 Å². The van der Waals surface area contributed by atoms with Crippen LogP contribution in [-0.4, -0.2) is 64.8 Å². The number of carbonyl (C=O) groups excluding carboxylic acids is 2. The van der Waals surface area contributed by atoms with Gasteiger partial charge in [0.25, 0.3) is 0 Å². The number of aliphatic hydroxyl groups excluding tert-OH is 1. The van der Waals surface area contributed by atoms with E-state index in [2.05, 4.69) is 12.1 Å². The van der Waals surface area contributed by atoms with Crippen molar-refractivity contribution >= 4 is 27.3 Å². The summed E-state index contributed by atoms with van der Waals surface area (Å²) in [5.41, 5.74) is 3.73. The zero-order valence-electron chi connectivity index (χ0n) is 30.7. The van der Waals surface area contributed by atoms with Gasteiger partial charge in [0.15, 0.2) is 11.6 Å². The summed E-state index contributed by atoms with van der Waals surface area (Å²) in [4.78, 5) is 27.9. The first-order chi connectivity index (χ1) is 24.9. The van der Waals surface area contributed by atoms with Crippen molar-refractivity contribution < 1.29 is 32.6 Å². The lowest BCUT2D eigenvalue weighted by Crippen LogP contribution is -2.36. The van der Waals surface area contributed by atoms with Crippen LogP contribution in [0.5, 0.6) is 5.75 Å². The second-order valence-electron chi connectivity index (χ2n) is 14.2. The number of methoxy groups -OCH3 is 1. The normalized spacial score (nSPS) is 16.0. The van der Waals surface area contributed by atoms with Crippen LogP contribution in [0.3, 0.4) is 0 Å². The Morgan fingerprint density at radius 2 is 1.48 bits per heavy atom. The second kappa shape index (κ2) is 17.5. The maximum Gasteiger partial charge on any atom is 0.231 e. The van der Waals surface area contributed by atoms with Crippen LogP contribution in [-0.2, 0) is 26.6 Å². The van der Waals surface area contributed by atoms with Crippen molar-refractivity contribution in [3.63, 3.8) is 0 Å². The number of ether oxygens (including phenoxy) is 2. The smallest absolute Gasteiger partial charge is 0.231 e. The molecule has 0 bridgehead atoms. The van der Waals surface area contributed by atoms with Gasteiger partial charge in [-0.15, -0.1) is 0 Å². The molecule has 0 spiro atoms. The molecule has 1 saturated heterocycles. The highest BCUT2D eigenvalue weighted by atomic mass is 32.2. The van der Waals surface area contributed by atoms with Crippen LogP contribution in [0.25, 0.3) is 0 Å². The predicted octanol–water partition coefficient (Wildman–Crippen LogP) is 7.79. The van der Waals surface area contributed by atoms with Crippen molar-refractivity contribution in [2.45, 2.75) is 69.3 Å². The average Bonchev–Trinajstić information content (AvgIpc) is 3.16. The first kappa shape index (κ1) is 38.9. The Balaban J connectivity index is 1.42. The molecule has 0 aliphatic carbocycles. The molecular formula is C43H51NO7S. The van der Waals surface area contributed by atoms with Gasteiger partial charge >= 0.3 is 0 Å². The van der Waals surface area contributed by atoms with E-state index in [1.807, 2.05) is 79.7 Å². The van der Waals surface area contributed by atoms with Gasteiger partial charge in [-0.05, 0) is 96.4 Å². The molecule has 1 heterocycles. The van der Waals surface area contributed by atoms with Gasteiger partial charge in [-0.1, -0.05) is 79.7 Å². The number of carbonyl (C=O) groups is 2. The highest BCUT2D eigenvalue weighted by molar-refractivity contribution is 7.92. The van der Waals surface area contributed by atoms with Crippen LogP contribution in [0, 0.1) is 5.92 Å². The highest BCUT2D eigenvalue weighted by Crippen LogP contribution is 2.41. The third-order valence-electron chi connectivity index (χ3n) is 10.7. The average molecular weight is 726 g/mol. The zero-order chi connectivity index (χ0) is 37.3. The van der Waals surface area contributed by atoms with Crippen LogP contribution in [0.4, 0.5) is 5.69 Å². The molecule has 52 heavy (non-hydrogen) atoms. The molecule has 0 unspecified atom stereocenters. The minimum atomic E-state index is -3.68. The lowest BCUT2D eigenvalue weighted by molar-refractivity contribution is 0.0313. The van der Waals surface area contributed by atoms with Crippen LogP contribution < -0.4 is 9.04 Å². The Morgan fingerprint density at radius 3 is 2.10 bits per heavy atom. The van der Waals surface area contributed by atoms with E-state index >= 15 is 0 Å². The van der Waals surface area contributed by atoms with Gasteiger partial charge in [0, 0.05) is 44.2 Å². The fourth-order valence-corrected chi connectivity index (χ4v) is 7.77. The van der Waals surface area contributed by atoms with Crippen molar-refractivity contribution in [3.8, 4) is 5.75 Å². The molecule has 1 aliphatic rings. The molecule has 276 valence electrons. The summed E-state index contributed by atoms with van der Waals surface area (Å²) in [6, 6.07) is 32.3. The van der Waals surface area contributed by atoms with E-state index in [1.54, 1.807) is 19.2 Å². The van der Waals surface area contributed by atoms with E-state index in [0.29, 0.717) is 32.5 Å². The largest absolute Gasteiger partial charge is 0.497 e. The van der Waals surface area contributed by atoms with Gasteiger partial charge in [-0.2, -0.15) is 0 Å². The monoisotopic (exact) mass is 725 g/mol. The highest BCUT2D eigenvalue weighted by Gasteiger charge is 2.36. The molecule has 9 heteroatoms. The quantitative estimate of drug-likeness (QED) is 0.111. The van der Waals surface area contributed by atoms with Gasteiger partial charge < -0.3 is 14.6 Å². The molecule has 0 amide bonds. The first-order valence-electron chi connectivity index (χ1n) is 18.0. The van der Waals surface area contributed by atoms with Crippen LogP contribution in [0.2, 0.25) is 0 Å². The molecular weight excluding hydrogens is 675 g/mol. The number of hydrogen-bond acceptors (Lipinski definition) is 7. The number of benzene rings is 4. The summed E-state index contributed by atoms with van der Waals surface area (Å²) in [5.74, 6) is -0.166. The number of ketones is 2. The molecule has 4 aromatic rings. The molecule has 4 aromatic carbocycles. The fourth-order valence-electron chi connectivity index (χ4n) is 7.28. The van der Waals surface area contributed by atoms with Crippen LogP contribution in [0.15, 0.2) is 103 Å². The number of aliphatic hydroxyl groups is 1. The van der Waals surface area contributed by atoms with Crippen molar-refractivity contribution in [1.29, 1.82) is 0 Å². The van der Waals surface area contributed by atoms with E-state index in [0.717, 1.165) is 45.8 Å². The maximum atomic E-state index is 14.2. The Labute approximate surface area is 308 Å². The van der Waals surface area contributed by atoms with Crippen molar-refractivity contribution in [1.82, 2.24) is 0 Å². The zero-order valence-corrected chi connectivity index (χ0v) is 31.5. The molecule has 1 aliphatic heterocycles. The number of nitrogens with zero attached hydrogens (tertiary/aromatic N) is 1. The maximum absolute atomic E-state index is 14.2. The summed E-state index contributed by atoms with van der Waals surface area (Å²) < 4.78 is 37.6. The van der Waals surface area contributed by atoms with Crippen molar-refractivity contribution in [2.24, 2.45) is 5.92 Å². The molecule has 8 nitrogen and oxygen atoms in total. The molecule has 0 saturated carbocycles. The number of sulfonamides is 1. The lowest BCUT2D eigenvalue weighted by atomic mass is 9.70. The van der Waals surface area contributed by atoms with Gasteiger partial charge in [0.05, 0.1) is 25.2 Å². The third-order valence-corrected chi connectivity index (χ3v) is 11.9. The summed E-state index contributed by atoms with van der Waals surface area (Å²) >= 11 is 0. The van der Waals surface area contributed by atoms with E-state index in [4.69, 9.17) is 9.47 Å². The molecule has 1 fully saturated rings. The summed E-state index contributed by atoms with van der Waals surface area (Å²) in [7, 11) is -0.612. The minimum Gasteiger partial charge on any atom is -0.497 e. The molecule has 5 rings (SSSR count). The second-order valence-corrected chi connectivity index (χ2v) is 16.3. The molecule has 1 N–H and O–H groups in total. The van der Waals surface area contributed by atoms with E-state index in [1.165, 1.54) is 13.1 Å². The summed E-state index contributed by atoms with van der Waals surface area (Å²) in [5, 5.41) is 11.9. The first-order valence-corrected chi connectivity index (χ1v) is 19.9. The van der Waals surface area contributed by atoms with Crippen LogP contribution >= 0.6 is 0 Å². The van der Waals surface area contributed by atoms with Crippen molar-refractivity contribution in [3.05, 3.63) is 131 Å². The summed E-state index contributed by atoms with van der Waals surface area (Å²) in [6.07, 6.45) is 3.78. The molecule has 3 atom stereocenters. The molecule has 0 aromatic heterocycles. The topological polar surface area (TPSA) is 110 Å². The van der Waals surface area contributed by atoms with E-state index in [-0.39, 0.29) is 52.6 Å². The number of Topliss-reactive ketones (excluding diaryl/α,β-unsaturated/α-hetero) is 2. The van der Waals surface area contributed by atoms with E-state index < -0.39 is 22.0 Å². The standard InChI is InChI=1S/C43H51NO7S/c1-31(33-14-9-6-10-15-33)24-41(46)35-26-36(28-38(27-35)44(2)52(4,48)49)42(47)29-34(25-32-12-7-5-8-13-32)40(45)18-19-43(20-22-51-23-21-43)37-16-11-17-39(30-37)50-3/h5-17,26-28,30-31,34,40,45H,18-25,29H2,1-4H3/t31-,34+,40+/m0/s1. The summed E-state index contributed by atoms with van der Waals surface area (Å²) in [6.45, 7) is 3.23. The Hall–Kier alpha value is -4.31. The van der Waals surface area contributed by atoms with Gasteiger partial charge in [0.1, 0.15) is 5.75 Å².